The van der Waals surface area contributed by atoms with Gasteiger partial charge in [-0.05, 0) is 26.8 Å². The number of likely N-dealkylation sites (tertiary alicyclic amines) is 1. The normalized spacial score (nSPS) is 18.0. The highest BCUT2D eigenvalue weighted by Gasteiger charge is 2.50. The summed E-state index contributed by atoms with van der Waals surface area (Å²) in [5.74, 6) is -2.99. The van der Waals surface area contributed by atoms with E-state index in [4.69, 9.17) is 0 Å². The Balaban J connectivity index is 1.77. The number of hydrogen-bond acceptors (Lipinski definition) is 7. The van der Waals surface area contributed by atoms with Crippen LogP contribution in [0.1, 0.15) is 19.8 Å². The van der Waals surface area contributed by atoms with Gasteiger partial charge in [-0.2, -0.15) is 13.2 Å². The molecular weight excluding hydrogens is 461 g/mol. The van der Waals surface area contributed by atoms with E-state index in [9.17, 15) is 27.6 Å². The first-order valence-electron chi connectivity index (χ1n) is 10.2. The summed E-state index contributed by atoms with van der Waals surface area (Å²) in [4.78, 5) is 38.6. The molecule has 1 saturated heterocycles. The number of alkyl halides is 3. The Kier molecular flexibility index (Phi) is 7.64. The third-order valence-electron chi connectivity index (χ3n) is 5.30. The number of rotatable bonds is 7. The molecule has 1 fully saturated rings. The summed E-state index contributed by atoms with van der Waals surface area (Å²) in [6, 6.07) is 4.15. The van der Waals surface area contributed by atoms with Crippen LogP contribution in [0.5, 0.6) is 0 Å². The molecule has 178 valence electrons. The van der Waals surface area contributed by atoms with Crippen LogP contribution in [0.25, 0.3) is 11.3 Å². The maximum absolute atomic E-state index is 13.6. The SMILES string of the molecule is CN[C@@H](C)C(=O)N[C@H](C(=O)N1CCC[C@H]1C(=O)Nc1snnc1-c1ccccc1)C(F)(F)F. The third kappa shape index (κ3) is 5.66. The maximum Gasteiger partial charge on any atom is 0.417 e. The lowest BCUT2D eigenvalue weighted by Crippen LogP contribution is -2.60. The lowest BCUT2D eigenvalue weighted by molar-refractivity contribution is -0.179. The summed E-state index contributed by atoms with van der Waals surface area (Å²) in [5.41, 5.74) is 1.13. The number of hydrogen-bond donors (Lipinski definition) is 3. The number of amides is 3. The average Bonchev–Trinajstić information content (AvgIpc) is 3.45. The lowest BCUT2D eigenvalue weighted by atomic mass is 10.1. The molecule has 33 heavy (non-hydrogen) atoms. The minimum Gasteiger partial charge on any atom is -0.335 e. The van der Waals surface area contributed by atoms with Crippen molar-refractivity contribution in [2.75, 3.05) is 18.9 Å². The smallest absolute Gasteiger partial charge is 0.335 e. The molecule has 13 heteroatoms. The van der Waals surface area contributed by atoms with Gasteiger partial charge in [0, 0.05) is 23.6 Å². The molecule has 0 saturated carbocycles. The molecule has 3 rings (SSSR count). The predicted octanol–water partition coefficient (Wildman–Crippen LogP) is 1.79. The molecule has 3 amide bonds. The van der Waals surface area contributed by atoms with Crippen molar-refractivity contribution in [3.63, 3.8) is 0 Å². The molecule has 0 spiro atoms. The fraction of sp³-hybridized carbons (Fsp3) is 0.450. The Morgan fingerprint density at radius 1 is 1.21 bits per heavy atom. The molecule has 0 aliphatic carbocycles. The minimum atomic E-state index is -5.02. The van der Waals surface area contributed by atoms with Crippen molar-refractivity contribution in [2.45, 2.75) is 44.1 Å². The quantitative estimate of drug-likeness (QED) is 0.552. The monoisotopic (exact) mass is 484 g/mol. The van der Waals surface area contributed by atoms with Crippen molar-refractivity contribution >= 4 is 34.3 Å². The molecule has 1 aliphatic heterocycles. The summed E-state index contributed by atoms with van der Waals surface area (Å²) in [6.07, 6.45) is -4.48. The van der Waals surface area contributed by atoms with E-state index in [0.717, 1.165) is 16.4 Å². The largest absolute Gasteiger partial charge is 0.417 e. The summed E-state index contributed by atoms with van der Waals surface area (Å²) >= 11 is 0.925. The van der Waals surface area contributed by atoms with Crippen LogP contribution in [0.4, 0.5) is 18.2 Å². The van der Waals surface area contributed by atoms with E-state index in [2.05, 4.69) is 20.2 Å². The van der Waals surface area contributed by atoms with Gasteiger partial charge in [0.05, 0.1) is 6.04 Å². The fourth-order valence-corrected chi connectivity index (χ4v) is 4.00. The molecular formula is C20H23F3N6O3S. The molecule has 3 atom stereocenters. The van der Waals surface area contributed by atoms with Crippen LogP contribution < -0.4 is 16.0 Å². The second-order valence-corrected chi connectivity index (χ2v) is 8.24. The van der Waals surface area contributed by atoms with Crippen molar-refractivity contribution in [3.05, 3.63) is 30.3 Å². The summed E-state index contributed by atoms with van der Waals surface area (Å²) in [6.45, 7) is 1.33. The number of carbonyl (C=O) groups is 3. The van der Waals surface area contributed by atoms with E-state index < -0.39 is 42.0 Å². The van der Waals surface area contributed by atoms with Crippen LogP contribution in [0.2, 0.25) is 0 Å². The second kappa shape index (κ2) is 10.3. The Morgan fingerprint density at radius 3 is 2.55 bits per heavy atom. The van der Waals surface area contributed by atoms with Crippen molar-refractivity contribution in [2.24, 2.45) is 0 Å². The van der Waals surface area contributed by atoms with Gasteiger partial charge in [0.2, 0.25) is 17.9 Å². The Labute approximate surface area is 191 Å². The van der Waals surface area contributed by atoms with Gasteiger partial charge in [-0.3, -0.25) is 14.4 Å². The molecule has 2 heterocycles. The van der Waals surface area contributed by atoms with E-state index in [1.807, 2.05) is 6.07 Å². The number of anilines is 1. The van der Waals surface area contributed by atoms with Crippen LogP contribution in [-0.4, -0.2) is 70.1 Å². The molecule has 3 N–H and O–H groups in total. The highest BCUT2D eigenvalue weighted by atomic mass is 32.1. The summed E-state index contributed by atoms with van der Waals surface area (Å²) in [7, 11) is 1.41. The summed E-state index contributed by atoms with van der Waals surface area (Å²) < 4.78 is 44.7. The van der Waals surface area contributed by atoms with Gasteiger partial charge in [-0.1, -0.05) is 34.8 Å². The van der Waals surface area contributed by atoms with Gasteiger partial charge in [0.15, 0.2) is 0 Å². The first-order valence-corrected chi connectivity index (χ1v) is 10.9. The lowest BCUT2D eigenvalue weighted by Gasteiger charge is -2.30. The molecule has 2 aromatic rings. The van der Waals surface area contributed by atoms with E-state index in [1.165, 1.54) is 14.0 Å². The predicted molar refractivity (Wildman–Crippen MR) is 115 cm³/mol. The molecule has 9 nitrogen and oxygen atoms in total. The number of halogens is 3. The number of nitrogens with one attached hydrogen (secondary N) is 3. The second-order valence-electron chi connectivity index (χ2n) is 7.49. The molecule has 0 unspecified atom stereocenters. The Hall–Kier alpha value is -3.06. The molecule has 0 radical (unpaired) electrons. The topological polar surface area (TPSA) is 116 Å². The number of carbonyl (C=O) groups excluding carboxylic acids is 3. The van der Waals surface area contributed by atoms with Gasteiger partial charge < -0.3 is 20.9 Å². The van der Waals surface area contributed by atoms with Gasteiger partial charge in [-0.25, -0.2) is 0 Å². The Bertz CT molecular complexity index is 1000. The van der Waals surface area contributed by atoms with Crippen LogP contribution in [-0.2, 0) is 14.4 Å². The van der Waals surface area contributed by atoms with Gasteiger partial charge in [0.25, 0.3) is 5.91 Å². The third-order valence-corrected chi connectivity index (χ3v) is 5.94. The highest BCUT2D eigenvalue weighted by Crippen LogP contribution is 2.30. The van der Waals surface area contributed by atoms with E-state index in [0.29, 0.717) is 22.7 Å². The first kappa shape index (κ1) is 24.6. The van der Waals surface area contributed by atoms with E-state index in [-0.39, 0.29) is 13.0 Å². The number of nitrogens with zero attached hydrogens (tertiary/aromatic N) is 3. The molecule has 1 aliphatic rings. The zero-order valence-corrected chi connectivity index (χ0v) is 18.7. The molecule has 1 aromatic heterocycles. The van der Waals surface area contributed by atoms with Gasteiger partial charge in [-0.15, -0.1) is 5.10 Å². The number of benzene rings is 1. The van der Waals surface area contributed by atoms with E-state index >= 15 is 0 Å². The molecule has 0 bridgehead atoms. The van der Waals surface area contributed by atoms with Crippen molar-refractivity contribution in [3.8, 4) is 11.3 Å². The minimum absolute atomic E-state index is 0.0343. The van der Waals surface area contributed by atoms with Crippen LogP contribution in [0.3, 0.4) is 0 Å². The van der Waals surface area contributed by atoms with Crippen LogP contribution in [0, 0.1) is 0 Å². The number of likely N-dealkylation sites (N-methyl/N-ethyl adjacent to an activating group) is 1. The van der Waals surface area contributed by atoms with E-state index in [1.54, 1.807) is 29.6 Å². The zero-order chi connectivity index (χ0) is 24.2. The standard InChI is InChI=1S/C20H23F3N6O3S/c1-11(24-2)16(30)25-15(20(21,22)23)19(32)29-10-6-9-13(29)17(31)26-18-14(27-28-33-18)12-7-4-3-5-8-12/h3-5,7-8,11,13,15,24H,6,9-10H2,1-2H3,(H,25,30)(H,26,31)/t11-,13-,15+/m0/s1. The van der Waals surface area contributed by atoms with Gasteiger partial charge in [0.1, 0.15) is 16.7 Å². The van der Waals surface area contributed by atoms with Crippen molar-refractivity contribution in [1.29, 1.82) is 0 Å². The van der Waals surface area contributed by atoms with Gasteiger partial charge >= 0.3 is 6.18 Å². The average molecular weight is 485 g/mol. The zero-order valence-electron chi connectivity index (χ0n) is 17.8. The Morgan fingerprint density at radius 2 is 1.91 bits per heavy atom. The first-order chi connectivity index (χ1) is 15.6. The van der Waals surface area contributed by atoms with Crippen molar-refractivity contribution in [1.82, 2.24) is 25.1 Å². The fourth-order valence-electron chi connectivity index (χ4n) is 3.40. The van der Waals surface area contributed by atoms with Crippen LogP contribution >= 0.6 is 11.5 Å². The molecule has 1 aromatic carbocycles. The maximum atomic E-state index is 13.6. The number of aromatic nitrogens is 2. The van der Waals surface area contributed by atoms with Crippen molar-refractivity contribution < 1.29 is 27.6 Å². The van der Waals surface area contributed by atoms with Crippen LogP contribution in [0.15, 0.2) is 30.3 Å². The highest BCUT2D eigenvalue weighted by molar-refractivity contribution is 7.10. The summed E-state index contributed by atoms with van der Waals surface area (Å²) in [5, 5.41) is 11.3.